The lowest BCUT2D eigenvalue weighted by molar-refractivity contribution is -0.131. The fourth-order valence-corrected chi connectivity index (χ4v) is 2.87. The minimum atomic E-state index is -0.190. The fourth-order valence-electron chi connectivity index (χ4n) is 2.87. The van der Waals surface area contributed by atoms with Crippen LogP contribution in [0.2, 0.25) is 0 Å². The van der Waals surface area contributed by atoms with E-state index in [-0.39, 0.29) is 31.4 Å². The first-order chi connectivity index (χ1) is 16.0. The van der Waals surface area contributed by atoms with E-state index in [2.05, 4.69) is 10.4 Å². The highest BCUT2D eigenvalue weighted by Crippen LogP contribution is 2.17. The number of rotatable bonds is 12. The van der Waals surface area contributed by atoms with Crippen LogP contribution in [0.1, 0.15) is 6.42 Å². The molecule has 0 aliphatic carbocycles. The van der Waals surface area contributed by atoms with Crippen molar-refractivity contribution in [3.05, 3.63) is 67.0 Å². The SMILES string of the molecule is COc1ccc(OCCN(C)C(=O)Cn2cc(NC(=O)CCOc3ccccc3)cn2)cc1. The molecule has 2 aromatic carbocycles. The van der Waals surface area contributed by atoms with Crippen LogP contribution in [-0.4, -0.2) is 60.4 Å². The van der Waals surface area contributed by atoms with Crippen LogP contribution in [0.15, 0.2) is 67.0 Å². The lowest BCUT2D eigenvalue weighted by atomic mass is 10.3. The monoisotopic (exact) mass is 452 g/mol. The second-order valence-corrected chi connectivity index (χ2v) is 7.23. The van der Waals surface area contributed by atoms with Crippen LogP contribution in [0.3, 0.4) is 0 Å². The predicted octanol–water partition coefficient (Wildman–Crippen LogP) is 2.84. The summed E-state index contributed by atoms with van der Waals surface area (Å²) in [4.78, 5) is 26.1. The van der Waals surface area contributed by atoms with Gasteiger partial charge in [0.25, 0.3) is 0 Å². The Bertz CT molecular complexity index is 1020. The van der Waals surface area contributed by atoms with E-state index in [1.54, 1.807) is 25.3 Å². The lowest BCUT2D eigenvalue weighted by Crippen LogP contribution is -2.33. The van der Waals surface area contributed by atoms with Crippen molar-refractivity contribution in [2.45, 2.75) is 13.0 Å². The summed E-state index contributed by atoms with van der Waals surface area (Å²) in [5, 5.41) is 6.90. The molecule has 33 heavy (non-hydrogen) atoms. The Hall–Kier alpha value is -4.01. The number of ether oxygens (including phenoxy) is 3. The van der Waals surface area contributed by atoms with Crippen molar-refractivity contribution in [2.24, 2.45) is 0 Å². The van der Waals surface area contributed by atoms with E-state index in [4.69, 9.17) is 14.2 Å². The summed E-state index contributed by atoms with van der Waals surface area (Å²) in [5.74, 6) is 1.87. The fraction of sp³-hybridized carbons (Fsp3) is 0.292. The first-order valence-electron chi connectivity index (χ1n) is 10.5. The number of hydrogen-bond acceptors (Lipinski definition) is 6. The lowest BCUT2D eigenvalue weighted by Gasteiger charge is -2.17. The highest BCUT2D eigenvalue weighted by molar-refractivity contribution is 5.90. The molecule has 0 saturated carbocycles. The van der Waals surface area contributed by atoms with E-state index in [0.717, 1.165) is 11.5 Å². The third kappa shape index (κ3) is 7.88. The maximum Gasteiger partial charge on any atom is 0.244 e. The Kier molecular flexibility index (Phi) is 8.70. The highest BCUT2D eigenvalue weighted by atomic mass is 16.5. The van der Waals surface area contributed by atoms with E-state index in [1.165, 1.54) is 10.9 Å². The van der Waals surface area contributed by atoms with Crippen molar-refractivity contribution in [1.29, 1.82) is 0 Å². The minimum Gasteiger partial charge on any atom is -0.497 e. The molecule has 0 aliphatic rings. The molecule has 3 rings (SSSR count). The van der Waals surface area contributed by atoms with Crippen LogP contribution in [0.5, 0.6) is 17.2 Å². The molecule has 0 aliphatic heterocycles. The van der Waals surface area contributed by atoms with Crippen molar-refractivity contribution < 1.29 is 23.8 Å². The summed E-state index contributed by atoms with van der Waals surface area (Å²) < 4.78 is 17.8. The van der Waals surface area contributed by atoms with Gasteiger partial charge in [0.1, 0.15) is 30.4 Å². The molecule has 3 aromatic rings. The first kappa shape index (κ1) is 23.6. The van der Waals surface area contributed by atoms with Gasteiger partial charge in [0.15, 0.2) is 0 Å². The van der Waals surface area contributed by atoms with Gasteiger partial charge >= 0.3 is 0 Å². The smallest absolute Gasteiger partial charge is 0.244 e. The maximum absolute atomic E-state index is 12.4. The Morgan fingerprint density at radius 2 is 1.64 bits per heavy atom. The molecule has 9 heteroatoms. The summed E-state index contributed by atoms with van der Waals surface area (Å²) in [7, 11) is 3.31. The largest absolute Gasteiger partial charge is 0.497 e. The third-order valence-electron chi connectivity index (χ3n) is 4.74. The Morgan fingerprint density at radius 3 is 2.36 bits per heavy atom. The Labute approximate surface area is 192 Å². The minimum absolute atomic E-state index is 0.0615. The predicted molar refractivity (Wildman–Crippen MR) is 124 cm³/mol. The molecule has 0 fully saturated rings. The van der Waals surface area contributed by atoms with Crippen molar-refractivity contribution in [1.82, 2.24) is 14.7 Å². The molecule has 2 amide bonds. The number of benzene rings is 2. The summed E-state index contributed by atoms with van der Waals surface area (Å²) in [6.45, 7) is 1.12. The molecular formula is C24H28N4O5. The second-order valence-electron chi connectivity index (χ2n) is 7.23. The van der Waals surface area contributed by atoms with E-state index in [1.807, 2.05) is 54.6 Å². The molecule has 0 atom stereocenters. The van der Waals surface area contributed by atoms with Gasteiger partial charge in [0.2, 0.25) is 11.8 Å². The number of para-hydroxylation sites is 1. The molecule has 1 aromatic heterocycles. The standard InChI is InChI=1S/C24H28N4O5/c1-27(13-15-33-22-10-8-20(31-2)9-11-22)24(30)18-28-17-19(16-25-28)26-23(29)12-14-32-21-6-4-3-5-7-21/h3-11,16-17H,12-15,18H2,1-2H3,(H,26,29). The number of hydrogen-bond donors (Lipinski definition) is 1. The number of methoxy groups -OCH3 is 1. The van der Waals surface area contributed by atoms with Gasteiger partial charge in [0.05, 0.1) is 38.6 Å². The molecular weight excluding hydrogens is 424 g/mol. The van der Waals surface area contributed by atoms with E-state index >= 15 is 0 Å². The quantitative estimate of drug-likeness (QED) is 0.454. The molecule has 0 radical (unpaired) electrons. The summed E-state index contributed by atoms with van der Waals surface area (Å²) in [6.07, 6.45) is 3.33. The molecule has 1 N–H and O–H groups in total. The first-order valence-corrected chi connectivity index (χ1v) is 10.5. The van der Waals surface area contributed by atoms with Crippen LogP contribution in [0.25, 0.3) is 0 Å². The van der Waals surface area contributed by atoms with E-state index < -0.39 is 0 Å². The van der Waals surface area contributed by atoms with Crippen LogP contribution < -0.4 is 19.5 Å². The number of carbonyl (C=O) groups excluding carboxylic acids is 2. The normalized spacial score (nSPS) is 10.4. The van der Waals surface area contributed by atoms with Crippen molar-refractivity contribution in [3.8, 4) is 17.2 Å². The van der Waals surface area contributed by atoms with Gasteiger partial charge in [-0.3, -0.25) is 14.3 Å². The highest BCUT2D eigenvalue weighted by Gasteiger charge is 2.12. The summed E-state index contributed by atoms with van der Waals surface area (Å²) >= 11 is 0. The van der Waals surface area contributed by atoms with E-state index in [0.29, 0.717) is 24.6 Å². The van der Waals surface area contributed by atoms with Crippen LogP contribution in [-0.2, 0) is 16.1 Å². The number of amides is 2. The zero-order valence-corrected chi connectivity index (χ0v) is 18.8. The van der Waals surface area contributed by atoms with Crippen molar-refractivity contribution in [2.75, 3.05) is 39.2 Å². The maximum atomic E-state index is 12.4. The van der Waals surface area contributed by atoms with Gasteiger partial charge in [-0.2, -0.15) is 5.10 Å². The molecule has 174 valence electrons. The molecule has 0 saturated heterocycles. The Balaban J connectivity index is 1.35. The average molecular weight is 453 g/mol. The molecule has 0 bridgehead atoms. The van der Waals surface area contributed by atoms with Gasteiger partial charge < -0.3 is 24.4 Å². The van der Waals surface area contributed by atoms with Gasteiger partial charge in [-0.25, -0.2) is 0 Å². The molecule has 1 heterocycles. The van der Waals surface area contributed by atoms with Gasteiger partial charge in [-0.15, -0.1) is 0 Å². The summed E-state index contributed by atoms with van der Waals surface area (Å²) in [5.41, 5.74) is 0.526. The molecule has 0 unspecified atom stereocenters. The number of aromatic nitrogens is 2. The summed E-state index contributed by atoms with van der Waals surface area (Å²) in [6, 6.07) is 16.6. The second kappa shape index (κ2) is 12.1. The molecule has 9 nitrogen and oxygen atoms in total. The van der Waals surface area contributed by atoms with Gasteiger partial charge in [-0.1, -0.05) is 18.2 Å². The van der Waals surface area contributed by atoms with Crippen LogP contribution in [0.4, 0.5) is 5.69 Å². The topological polar surface area (TPSA) is 94.9 Å². The van der Waals surface area contributed by atoms with Crippen LogP contribution in [0, 0.1) is 0 Å². The number of likely N-dealkylation sites (N-methyl/N-ethyl adjacent to an activating group) is 1. The third-order valence-corrected chi connectivity index (χ3v) is 4.74. The van der Waals surface area contributed by atoms with Crippen LogP contribution >= 0.6 is 0 Å². The zero-order valence-electron chi connectivity index (χ0n) is 18.8. The zero-order chi connectivity index (χ0) is 23.5. The number of anilines is 1. The van der Waals surface area contributed by atoms with E-state index in [9.17, 15) is 9.59 Å². The van der Waals surface area contributed by atoms with Gasteiger partial charge in [-0.05, 0) is 36.4 Å². The number of carbonyl (C=O) groups is 2. The number of nitrogens with one attached hydrogen (secondary N) is 1. The van der Waals surface area contributed by atoms with Crippen molar-refractivity contribution in [3.63, 3.8) is 0 Å². The number of nitrogens with zero attached hydrogens (tertiary/aromatic N) is 3. The van der Waals surface area contributed by atoms with Crippen molar-refractivity contribution >= 4 is 17.5 Å². The Morgan fingerprint density at radius 1 is 0.970 bits per heavy atom. The van der Waals surface area contributed by atoms with Gasteiger partial charge in [0, 0.05) is 13.2 Å². The molecule has 0 spiro atoms. The average Bonchev–Trinajstić information content (AvgIpc) is 3.26.